The van der Waals surface area contributed by atoms with Crippen LogP contribution in [0.15, 0.2) is 0 Å². The van der Waals surface area contributed by atoms with Crippen LogP contribution in [-0.2, 0) is 4.79 Å². The van der Waals surface area contributed by atoms with Crippen molar-refractivity contribution in [2.75, 3.05) is 0 Å². The fraction of sp³-hybridized carbons (Fsp3) is 0.600. The van der Waals surface area contributed by atoms with E-state index in [9.17, 15) is 4.79 Å². The zero-order valence-corrected chi connectivity index (χ0v) is 7.88. The van der Waals surface area contributed by atoms with E-state index < -0.39 is 10.7 Å². The third kappa shape index (κ3) is 4.92. The Morgan fingerprint density at radius 1 is 1.64 bits per heavy atom. The Morgan fingerprint density at radius 2 is 2.00 bits per heavy atom. The van der Waals surface area contributed by atoms with Gasteiger partial charge in [-0.1, -0.05) is 11.8 Å². The molecule has 6 heteroatoms. The van der Waals surface area contributed by atoms with Gasteiger partial charge in [0.05, 0.1) is 0 Å². The third-order valence-corrected chi connectivity index (χ3v) is 1.78. The largest absolute Gasteiger partial charge is 0.480 e. The molecule has 0 heterocycles. The first kappa shape index (κ1) is 13.2. The number of amidine groups is 1. The van der Waals surface area contributed by atoms with E-state index in [-0.39, 0.29) is 17.6 Å². The van der Waals surface area contributed by atoms with Crippen LogP contribution in [0.2, 0.25) is 0 Å². The molecule has 0 aromatic carbocycles. The van der Waals surface area contributed by atoms with Crippen LogP contribution in [0.3, 0.4) is 0 Å². The highest BCUT2D eigenvalue weighted by molar-refractivity contribution is 8.15. The molecule has 0 rings (SSSR count). The second-order valence-corrected chi connectivity index (χ2v) is 3.95. The summed E-state index contributed by atoms with van der Waals surface area (Å²) in [5.74, 6) is -0.965. The van der Waals surface area contributed by atoms with Crippen LogP contribution in [0.5, 0.6) is 0 Å². The third-order valence-electron chi connectivity index (χ3n) is 0.880. The number of aliphatic carboxylic acids is 1. The van der Waals surface area contributed by atoms with E-state index in [2.05, 4.69) is 0 Å². The highest BCUT2D eigenvalue weighted by Gasteiger charge is 2.28. The van der Waals surface area contributed by atoms with E-state index in [1.54, 1.807) is 0 Å². The molecule has 0 bridgehead atoms. The molecule has 0 saturated carbocycles. The number of nitrogens with one attached hydrogen (secondary N) is 1. The normalized spacial score (nSPS) is 10.0. The summed E-state index contributed by atoms with van der Waals surface area (Å²) >= 11 is 0.826. The minimum Gasteiger partial charge on any atom is -0.480 e. The van der Waals surface area contributed by atoms with Crippen molar-refractivity contribution in [3.63, 3.8) is 0 Å². The Bertz CT molecular complexity index is 172. The smallest absolute Gasteiger partial charge is 0.319 e. The average Bonchev–Trinajstić information content (AvgIpc) is 1.60. The number of nitrogens with two attached hydrogens (primary N) is 1. The maximum Gasteiger partial charge on any atom is 0.319 e. The molecule has 0 amide bonds. The lowest BCUT2D eigenvalue weighted by Gasteiger charge is -2.16. The molecule has 0 radical (unpaired) electrons. The zero-order valence-electron chi connectivity index (χ0n) is 6.25. The van der Waals surface area contributed by atoms with E-state index in [0.717, 1.165) is 11.8 Å². The quantitative estimate of drug-likeness (QED) is 0.455. The van der Waals surface area contributed by atoms with Gasteiger partial charge in [-0.05, 0) is 13.8 Å². The Kier molecular flexibility index (Phi) is 5.34. The standard InChI is InChI=1S/C5H10N2O2S.ClH/c1-5(2,3(8)9)10-4(6)7;/h1-2H3,(H3,6,7)(H,8,9);1H. The second kappa shape index (κ2) is 4.46. The molecule has 0 atom stereocenters. The van der Waals surface area contributed by atoms with Crippen molar-refractivity contribution in [1.29, 1.82) is 5.41 Å². The predicted molar refractivity (Wildman–Crippen MR) is 48.5 cm³/mol. The van der Waals surface area contributed by atoms with Crippen LogP contribution in [0, 0.1) is 5.41 Å². The summed E-state index contributed by atoms with van der Waals surface area (Å²) in [7, 11) is 0. The number of carboxylic acid groups (broad SMARTS) is 1. The highest BCUT2D eigenvalue weighted by Crippen LogP contribution is 2.23. The van der Waals surface area contributed by atoms with Crippen LogP contribution in [0.4, 0.5) is 0 Å². The summed E-state index contributed by atoms with van der Waals surface area (Å²) in [5, 5.41) is 15.2. The lowest BCUT2D eigenvalue weighted by Crippen LogP contribution is -2.30. The molecule has 0 spiro atoms. The number of halogens is 1. The Balaban J connectivity index is 0. The molecule has 0 aliphatic heterocycles. The second-order valence-electron chi connectivity index (χ2n) is 2.28. The van der Waals surface area contributed by atoms with Crippen LogP contribution >= 0.6 is 24.2 Å². The fourth-order valence-electron chi connectivity index (χ4n) is 0.319. The SMILES string of the molecule is CC(C)(SC(=N)N)C(=O)O.Cl. The maximum absolute atomic E-state index is 10.4. The van der Waals surface area contributed by atoms with Gasteiger partial charge in [-0.2, -0.15) is 0 Å². The van der Waals surface area contributed by atoms with Gasteiger partial charge in [0, 0.05) is 0 Å². The monoisotopic (exact) mass is 198 g/mol. The van der Waals surface area contributed by atoms with Crippen molar-refractivity contribution in [1.82, 2.24) is 0 Å². The molecular weight excluding hydrogens is 188 g/mol. The van der Waals surface area contributed by atoms with Crippen LogP contribution in [0.1, 0.15) is 13.8 Å². The van der Waals surface area contributed by atoms with Gasteiger partial charge < -0.3 is 10.8 Å². The maximum atomic E-state index is 10.4. The Morgan fingerprint density at radius 3 is 2.09 bits per heavy atom. The molecule has 0 aromatic heterocycles. The first-order valence-corrected chi connectivity index (χ1v) is 3.44. The van der Waals surface area contributed by atoms with Crippen molar-refractivity contribution in [2.45, 2.75) is 18.6 Å². The van der Waals surface area contributed by atoms with Crippen molar-refractivity contribution in [3.8, 4) is 0 Å². The number of rotatable bonds is 2. The summed E-state index contributed by atoms with van der Waals surface area (Å²) in [6.07, 6.45) is 0. The van der Waals surface area contributed by atoms with E-state index >= 15 is 0 Å². The van der Waals surface area contributed by atoms with Gasteiger partial charge >= 0.3 is 5.97 Å². The fourth-order valence-corrected chi connectivity index (χ4v) is 0.956. The van der Waals surface area contributed by atoms with E-state index in [1.165, 1.54) is 13.8 Å². The van der Waals surface area contributed by atoms with Crippen LogP contribution in [-0.4, -0.2) is 21.0 Å². The van der Waals surface area contributed by atoms with Gasteiger partial charge in [0.15, 0.2) is 5.17 Å². The molecule has 4 nitrogen and oxygen atoms in total. The molecule has 0 fully saturated rings. The van der Waals surface area contributed by atoms with Gasteiger partial charge in [0.2, 0.25) is 0 Å². The number of hydrogen-bond acceptors (Lipinski definition) is 3. The lowest BCUT2D eigenvalue weighted by atomic mass is 10.2. The van der Waals surface area contributed by atoms with Crippen LogP contribution in [0.25, 0.3) is 0 Å². The predicted octanol–water partition coefficient (Wildman–Crippen LogP) is 0.898. The number of hydrogen-bond donors (Lipinski definition) is 3. The summed E-state index contributed by atoms with van der Waals surface area (Å²) in [6, 6.07) is 0. The number of carboxylic acids is 1. The Hall–Kier alpha value is -0.420. The topological polar surface area (TPSA) is 87.2 Å². The summed E-state index contributed by atoms with van der Waals surface area (Å²) in [4.78, 5) is 10.4. The van der Waals surface area contributed by atoms with E-state index in [1.807, 2.05) is 0 Å². The van der Waals surface area contributed by atoms with Gasteiger partial charge in [-0.25, -0.2) is 0 Å². The van der Waals surface area contributed by atoms with E-state index in [0.29, 0.717) is 0 Å². The van der Waals surface area contributed by atoms with Gasteiger partial charge in [0.25, 0.3) is 0 Å². The summed E-state index contributed by atoms with van der Waals surface area (Å²) in [6.45, 7) is 3.00. The number of thioether (sulfide) groups is 1. The average molecular weight is 199 g/mol. The first-order chi connectivity index (χ1) is 4.36. The molecule has 0 saturated heterocycles. The van der Waals surface area contributed by atoms with Gasteiger partial charge in [-0.3, -0.25) is 10.2 Å². The van der Waals surface area contributed by atoms with Crippen molar-refractivity contribution >= 4 is 35.3 Å². The molecule has 0 aliphatic rings. The van der Waals surface area contributed by atoms with Crippen molar-refractivity contribution in [2.24, 2.45) is 5.73 Å². The number of carbonyl (C=O) groups is 1. The summed E-state index contributed by atoms with van der Waals surface area (Å²) in [5.41, 5.74) is 5.00. The zero-order chi connectivity index (χ0) is 8.36. The summed E-state index contributed by atoms with van der Waals surface area (Å²) < 4.78 is -0.994. The van der Waals surface area contributed by atoms with Gasteiger partial charge in [0.1, 0.15) is 4.75 Å². The van der Waals surface area contributed by atoms with Crippen LogP contribution < -0.4 is 5.73 Å². The lowest BCUT2D eigenvalue weighted by molar-refractivity contribution is -0.138. The molecule has 0 aliphatic carbocycles. The van der Waals surface area contributed by atoms with Crippen molar-refractivity contribution < 1.29 is 9.90 Å². The molecule has 11 heavy (non-hydrogen) atoms. The molecule has 0 aromatic rings. The molecule has 4 N–H and O–H groups in total. The van der Waals surface area contributed by atoms with Crippen molar-refractivity contribution in [3.05, 3.63) is 0 Å². The molecular formula is C5H11ClN2O2S. The molecule has 66 valence electrons. The minimum absolute atomic E-state index is 0. The highest BCUT2D eigenvalue weighted by atomic mass is 35.5. The van der Waals surface area contributed by atoms with E-state index in [4.69, 9.17) is 16.2 Å². The first-order valence-electron chi connectivity index (χ1n) is 2.62. The molecule has 0 unspecified atom stereocenters. The van der Waals surface area contributed by atoms with Gasteiger partial charge in [-0.15, -0.1) is 12.4 Å². The minimum atomic E-state index is -0.994. The Labute approximate surface area is 75.5 Å².